The van der Waals surface area contributed by atoms with Crippen LogP contribution in [0.4, 0.5) is 17.6 Å². The molecule has 2 nitrogen and oxygen atoms in total. The van der Waals surface area contributed by atoms with E-state index in [-0.39, 0.29) is 5.46 Å². The number of benzene rings is 1. The first-order chi connectivity index (χ1) is 8.92. The van der Waals surface area contributed by atoms with Crippen LogP contribution in [-0.2, 0) is 15.5 Å². The third kappa shape index (κ3) is 2.69. The van der Waals surface area contributed by atoms with Gasteiger partial charge in [0.2, 0.25) is 0 Å². The second kappa shape index (κ2) is 4.46. The summed E-state index contributed by atoms with van der Waals surface area (Å²) >= 11 is 0. The Labute approximate surface area is 115 Å². The molecule has 1 aromatic carbocycles. The van der Waals surface area contributed by atoms with Gasteiger partial charge in [-0.15, -0.1) is 0 Å². The fraction of sp³-hybridized carbons (Fsp3) is 0.538. The molecule has 1 aliphatic rings. The van der Waals surface area contributed by atoms with Gasteiger partial charge >= 0.3 is 13.3 Å². The largest absolute Gasteiger partial charge is 0.494 e. The molecule has 0 unspecified atom stereocenters. The van der Waals surface area contributed by atoms with Gasteiger partial charge in [0.15, 0.2) is 0 Å². The number of hydrogen-bond acceptors (Lipinski definition) is 2. The van der Waals surface area contributed by atoms with Crippen LogP contribution in [0.1, 0.15) is 33.3 Å². The summed E-state index contributed by atoms with van der Waals surface area (Å²) in [7, 11) is -1.02. The highest BCUT2D eigenvalue weighted by Gasteiger charge is 2.52. The smallest absolute Gasteiger partial charge is 0.399 e. The molecule has 0 aliphatic carbocycles. The summed E-state index contributed by atoms with van der Waals surface area (Å²) in [6.07, 6.45) is -4.61. The molecule has 0 amide bonds. The number of alkyl halides is 3. The Bertz CT molecular complexity index is 510. The molecule has 1 fully saturated rings. The van der Waals surface area contributed by atoms with E-state index >= 15 is 0 Å². The molecule has 1 aliphatic heterocycles. The van der Waals surface area contributed by atoms with E-state index in [0.29, 0.717) is 6.07 Å². The highest BCUT2D eigenvalue weighted by molar-refractivity contribution is 6.62. The maximum absolute atomic E-state index is 13.4. The lowest BCUT2D eigenvalue weighted by molar-refractivity contribution is -0.137. The molecule has 0 radical (unpaired) electrons. The van der Waals surface area contributed by atoms with E-state index < -0.39 is 35.9 Å². The van der Waals surface area contributed by atoms with Crippen LogP contribution >= 0.6 is 0 Å². The van der Waals surface area contributed by atoms with Gasteiger partial charge in [-0.3, -0.25) is 0 Å². The van der Waals surface area contributed by atoms with Crippen molar-refractivity contribution in [3.8, 4) is 0 Å². The van der Waals surface area contributed by atoms with Crippen molar-refractivity contribution < 1.29 is 26.9 Å². The van der Waals surface area contributed by atoms with Crippen LogP contribution in [0.3, 0.4) is 0 Å². The van der Waals surface area contributed by atoms with Gasteiger partial charge in [0.05, 0.1) is 16.8 Å². The SMILES string of the molecule is CC1(C)OB(c2cc(F)cc(C(F)(F)F)c2)OC1(C)C. The molecule has 0 atom stereocenters. The van der Waals surface area contributed by atoms with Crippen molar-refractivity contribution >= 4 is 12.6 Å². The number of hydrogen-bond donors (Lipinski definition) is 0. The van der Waals surface area contributed by atoms with Gasteiger partial charge in [-0.25, -0.2) is 4.39 Å². The first kappa shape index (κ1) is 15.3. The molecule has 0 spiro atoms. The molecule has 0 N–H and O–H groups in total. The highest BCUT2D eigenvalue weighted by atomic mass is 19.4. The average Bonchev–Trinajstić information content (AvgIpc) is 2.46. The lowest BCUT2D eigenvalue weighted by Gasteiger charge is -2.32. The fourth-order valence-corrected chi connectivity index (χ4v) is 1.89. The molecule has 20 heavy (non-hydrogen) atoms. The number of rotatable bonds is 1. The van der Waals surface area contributed by atoms with Gasteiger partial charge in [0.1, 0.15) is 5.82 Å². The topological polar surface area (TPSA) is 18.5 Å². The standard InChI is InChI=1S/C13H15BF4O2/c1-11(2)12(3,4)20-14(19-11)9-5-8(13(16,17)18)6-10(15)7-9/h5-7H,1-4H3. The monoisotopic (exact) mass is 290 g/mol. The minimum atomic E-state index is -4.61. The summed E-state index contributed by atoms with van der Waals surface area (Å²) in [5.41, 5.74) is -2.41. The molecule has 1 saturated heterocycles. The fourth-order valence-electron chi connectivity index (χ4n) is 1.89. The normalized spacial score (nSPS) is 21.3. The third-order valence-corrected chi connectivity index (χ3v) is 3.77. The Morgan fingerprint density at radius 2 is 1.45 bits per heavy atom. The van der Waals surface area contributed by atoms with Gasteiger partial charge in [-0.05, 0) is 45.3 Å². The van der Waals surface area contributed by atoms with E-state index in [4.69, 9.17) is 9.31 Å². The van der Waals surface area contributed by atoms with E-state index in [1.54, 1.807) is 27.7 Å². The summed E-state index contributed by atoms with van der Waals surface area (Å²) in [6, 6.07) is 2.30. The van der Waals surface area contributed by atoms with Crippen LogP contribution in [0.15, 0.2) is 18.2 Å². The summed E-state index contributed by atoms with van der Waals surface area (Å²) in [4.78, 5) is 0. The van der Waals surface area contributed by atoms with Crippen LogP contribution < -0.4 is 5.46 Å². The molecule has 110 valence electrons. The zero-order valence-corrected chi connectivity index (χ0v) is 11.6. The minimum Gasteiger partial charge on any atom is -0.399 e. The Morgan fingerprint density at radius 1 is 0.950 bits per heavy atom. The van der Waals surface area contributed by atoms with Gasteiger partial charge in [-0.2, -0.15) is 13.2 Å². The first-order valence-corrected chi connectivity index (χ1v) is 6.16. The van der Waals surface area contributed by atoms with E-state index in [0.717, 1.165) is 12.1 Å². The summed E-state index contributed by atoms with van der Waals surface area (Å²) in [5.74, 6) is -0.968. The third-order valence-electron chi connectivity index (χ3n) is 3.77. The number of halogens is 4. The quantitative estimate of drug-likeness (QED) is 0.584. The Hall–Kier alpha value is -1.08. The zero-order chi connectivity index (χ0) is 15.3. The van der Waals surface area contributed by atoms with Gasteiger partial charge in [0, 0.05) is 0 Å². The van der Waals surface area contributed by atoms with E-state index in [9.17, 15) is 17.6 Å². The average molecular weight is 290 g/mol. The molecule has 0 aromatic heterocycles. The molecule has 1 heterocycles. The maximum atomic E-state index is 13.4. The predicted molar refractivity (Wildman–Crippen MR) is 67.1 cm³/mol. The van der Waals surface area contributed by atoms with Gasteiger partial charge in [0.25, 0.3) is 0 Å². The van der Waals surface area contributed by atoms with Gasteiger partial charge < -0.3 is 9.31 Å². The van der Waals surface area contributed by atoms with Crippen molar-refractivity contribution in [2.24, 2.45) is 0 Å². The molecular formula is C13H15BF4O2. The molecule has 1 aromatic rings. The van der Waals surface area contributed by atoms with Crippen LogP contribution in [-0.4, -0.2) is 18.3 Å². The molecule has 0 saturated carbocycles. The van der Waals surface area contributed by atoms with Crippen molar-refractivity contribution in [1.29, 1.82) is 0 Å². The van der Waals surface area contributed by atoms with Crippen molar-refractivity contribution in [3.05, 3.63) is 29.6 Å². The Balaban J connectivity index is 2.38. The van der Waals surface area contributed by atoms with Crippen molar-refractivity contribution in [3.63, 3.8) is 0 Å². The lowest BCUT2D eigenvalue weighted by atomic mass is 9.78. The van der Waals surface area contributed by atoms with Crippen molar-refractivity contribution in [1.82, 2.24) is 0 Å². The molecular weight excluding hydrogens is 275 g/mol. The lowest BCUT2D eigenvalue weighted by Crippen LogP contribution is -2.41. The van der Waals surface area contributed by atoms with E-state index in [1.807, 2.05) is 0 Å². The van der Waals surface area contributed by atoms with Gasteiger partial charge in [-0.1, -0.05) is 6.07 Å². The minimum absolute atomic E-state index is 0.0241. The predicted octanol–water partition coefficient (Wildman–Crippen LogP) is 3.14. The summed E-state index contributed by atoms with van der Waals surface area (Å²) < 4.78 is 62.7. The van der Waals surface area contributed by atoms with Crippen molar-refractivity contribution in [2.45, 2.75) is 45.1 Å². The van der Waals surface area contributed by atoms with E-state index in [1.165, 1.54) is 0 Å². The Morgan fingerprint density at radius 3 is 1.90 bits per heavy atom. The van der Waals surface area contributed by atoms with Crippen LogP contribution in [0.25, 0.3) is 0 Å². The zero-order valence-electron chi connectivity index (χ0n) is 11.6. The molecule has 7 heteroatoms. The van der Waals surface area contributed by atoms with Crippen molar-refractivity contribution in [2.75, 3.05) is 0 Å². The Kier molecular flexibility index (Phi) is 3.42. The first-order valence-electron chi connectivity index (χ1n) is 6.16. The van der Waals surface area contributed by atoms with E-state index in [2.05, 4.69) is 0 Å². The van der Waals surface area contributed by atoms with Crippen LogP contribution in [0.2, 0.25) is 0 Å². The summed E-state index contributed by atoms with van der Waals surface area (Å²) in [5, 5.41) is 0. The molecule has 2 rings (SSSR count). The second-order valence-corrected chi connectivity index (χ2v) is 5.86. The van der Waals surface area contributed by atoms with Crippen LogP contribution in [0, 0.1) is 5.82 Å². The summed E-state index contributed by atoms with van der Waals surface area (Å²) in [6.45, 7) is 7.10. The molecule has 0 bridgehead atoms. The second-order valence-electron chi connectivity index (χ2n) is 5.86. The van der Waals surface area contributed by atoms with Crippen LogP contribution in [0.5, 0.6) is 0 Å². The maximum Gasteiger partial charge on any atom is 0.494 e. The highest BCUT2D eigenvalue weighted by Crippen LogP contribution is 2.37.